The van der Waals surface area contributed by atoms with Gasteiger partial charge in [-0.25, -0.2) is 12.7 Å². The topological polar surface area (TPSA) is 37.4 Å². The Labute approximate surface area is 121 Å². The summed E-state index contributed by atoms with van der Waals surface area (Å²) in [6.45, 7) is 4.00. The largest absolute Gasteiger partial charge is 0.218 e. The van der Waals surface area contributed by atoms with Crippen molar-refractivity contribution in [3.63, 3.8) is 0 Å². The number of alkyl halides is 1. The molecular formula is C14H22ClNO2S. The van der Waals surface area contributed by atoms with E-state index < -0.39 is 10.0 Å². The monoisotopic (exact) mass is 303 g/mol. The summed E-state index contributed by atoms with van der Waals surface area (Å²) in [5.41, 5.74) is 1.79. The molecule has 0 bridgehead atoms. The molecule has 0 amide bonds. The molecule has 3 nitrogen and oxygen atoms in total. The van der Waals surface area contributed by atoms with Crippen molar-refractivity contribution in [3.05, 3.63) is 35.4 Å². The van der Waals surface area contributed by atoms with E-state index in [0.29, 0.717) is 5.88 Å². The normalized spacial score (nSPS) is 13.7. The Bertz CT molecular complexity index is 485. The maximum absolute atomic E-state index is 12.3. The first-order chi connectivity index (χ1) is 8.90. The summed E-state index contributed by atoms with van der Waals surface area (Å²) in [6.07, 6.45) is 1.85. The molecule has 0 saturated carbocycles. The van der Waals surface area contributed by atoms with Gasteiger partial charge < -0.3 is 0 Å². The van der Waals surface area contributed by atoms with Crippen LogP contribution in [-0.2, 0) is 21.7 Å². The predicted molar refractivity (Wildman–Crippen MR) is 80.8 cm³/mol. The van der Waals surface area contributed by atoms with Gasteiger partial charge in [0.1, 0.15) is 0 Å². The molecule has 5 heteroatoms. The van der Waals surface area contributed by atoms with Gasteiger partial charge >= 0.3 is 0 Å². The molecule has 0 aliphatic carbocycles. The number of nitrogens with zero attached hydrogens (tertiary/aromatic N) is 1. The van der Waals surface area contributed by atoms with Crippen molar-refractivity contribution in [1.82, 2.24) is 4.31 Å². The first-order valence-electron chi connectivity index (χ1n) is 6.50. The van der Waals surface area contributed by atoms with Crippen molar-refractivity contribution in [3.8, 4) is 0 Å². The maximum atomic E-state index is 12.3. The minimum atomic E-state index is -3.25. The zero-order chi connectivity index (χ0) is 14.5. The summed E-state index contributed by atoms with van der Waals surface area (Å²) in [7, 11) is -1.60. The molecule has 1 aromatic carbocycles. The quantitative estimate of drug-likeness (QED) is 0.724. The molecule has 0 spiro atoms. The summed E-state index contributed by atoms with van der Waals surface area (Å²) >= 11 is 5.71. The summed E-state index contributed by atoms with van der Waals surface area (Å²) in [4.78, 5) is 0. The molecule has 0 fully saturated rings. The van der Waals surface area contributed by atoms with Gasteiger partial charge in [-0.05, 0) is 24.5 Å². The zero-order valence-electron chi connectivity index (χ0n) is 11.8. The highest BCUT2D eigenvalue weighted by Crippen LogP contribution is 2.15. The lowest BCUT2D eigenvalue weighted by molar-refractivity contribution is 0.368. The number of sulfonamides is 1. The minimum absolute atomic E-state index is 0.0390. The van der Waals surface area contributed by atoms with E-state index in [9.17, 15) is 8.42 Å². The zero-order valence-corrected chi connectivity index (χ0v) is 13.3. The third-order valence-corrected chi connectivity index (χ3v) is 5.54. The number of hydrogen-bond acceptors (Lipinski definition) is 2. The van der Waals surface area contributed by atoms with Crippen LogP contribution < -0.4 is 0 Å². The van der Waals surface area contributed by atoms with Crippen LogP contribution in [0.25, 0.3) is 0 Å². The third-order valence-electron chi connectivity index (χ3n) is 3.29. The SMILES string of the molecule is CCCC(C)N(C)S(=O)(=O)Cc1ccc(CCl)cc1. The summed E-state index contributed by atoms with van der Waals surface area (Å²) in [5.74, 6) is 0.487. The van der Waals surface area contributed by atoms with E-state index in [1.807, 2.05) is 31.2 Å². The van der Waals surface area contributed by atoms with Crippen LogP contribution in [0, 0.1) is 0 Å². The summed E-state index contributed by atoms with van der Waals surface area (Å²) in [5, 5.41) is 0. The van der Waals surface area contributed by atoms with Gasteiger partial charge in [0, 0.05) is 19.0 Å². The van der Waals surface area contributed by atoms with E-state index in [2.05, 4.69) is 6.92 Å². The maximum Gasteiger partial charge on any atom is 0.218 e. The van der Waals surface area contributed by atoms with Crippen molar-refractivity contribution in [1.29, 1.82) is 0 Å². The molecule has 0 heterocycles. The fraction of sp³-hybridized carbons (Fsp3) is 0.571. The Hall–Kier alpha value is -0.580. The van der Waals surface area contributed by atoms with E-state index >= 15 is 0 Å². The van der Waals surface area contributed by atoms with Crippen LogP contribution >= 0.6 is 11.6 Å². The number of rotatable bonds is 7. The van der Waals surface area contributed by atoms with E-state index in [-0.39, 0.29) is 11.8 Å². The van der Waals surface area contributed by atoms with Crippen molar-refractivity contribution in [2.75, 3.05) is 7.05 Å². The van der Waals surface area contributed by atoms with Crippen LogP contribution in [-0.4, -0.2) is 25.8 Å². The van der Waals surface area contributed by atoms with Crippen LogP contribution in [0.4, 0.5) is 0 Å². The fourth-order valence-electron chi connectivity index (χ4n) is 1.91. The van der Waals surface area contributed by atoms with Crippen molar-refractivity contribution in [2.45, 2.75) is 44.4 Å². The lowest BCUT2D eigenvalue weighted by atomic mass is 10.2. The minimum Gasteiger partial charge on any atom is -0.212 e. The highest BCUT2D eigenvalue weighted by Gasteiger charge is 2.22. The second kappa shape index (κ2) is 7.27. The van der Waals surface area contributed by atoms with Gasteiger partial charge in [-0.2, -0.15) is 0 Å². The molecule has 0 radical (unpaired) electrons. The highest BCUT2D eigenvalue weighted by molar-refractivity contribution is 7.88. The third kappa shape index (κ3) is 4.79. The van der Waals surface area contributed by atoms with Crippen LogP contribution in [0.1, 0.15) is 37.8 Å². The van der Waals surface area contributed by atoms with Gasteiger partial charge in [0.25, 0.3) is 0 Å². The van der Waals surface area contributed by atoms with E-state index in [0.717, 1.165) is 24.0 Å². The standard InChI is InChI=1S/C14H22ClNO2S/c1-4-5-12(2)16(3)19(17,18)11-14-8-6-13(10-15)7-9-14/h6-9,12H,4-5,10-11H2,1-3H3. The second-order valence-electron chi connectivity index (χ2n) is 4.86. The van der Waals surface area contributed by atoms with Crippen LogP contribution in [0.15, 0.2) is 24.3 Å². The van der Waals surface area contributed by atoms with Crippen LogP contribution in [0.2, 0.25) is 0 Å². The van der Waals surface area contributed by atoms with Gasteiger partial charge in [0.2, 0.25) is 10.0 Å². The van der Waals surface area contributed by atoms with E-state index in [4.69, 9.17) is 11.6 Å². The van der Waals surface area contributed by atoms with Gasteiger partial charge in [-0.1, -0.05) is 37.6 Å². The van der Waals surface area contributed by atoms with Gasteiger partial charge in [0.15, 0.2) is 0 Å². The summed E-state index contributed by atoms with van der Waals surface area (Å²) in [6, 6.07) is 7.43. The van der Waals surface area contributed by atoms with Crippen molar-refractivity contribution in [2.24, 2.45) is 0 Å². The fourth-order valence-corrected chi connectivity index (χ4v) is 3.56. The van der Waals surface area contributed by atoms with Gasteiger partial charge in [-0.3, -0.25) is 0 Å². The predicted octanol–water partition coefficient (Wildman–Crippen LogP) is 3.38. The second-order valence-corrected chi connectivity index (χ2v) is 7.16. The highest BCUT2D eigenvalue weighted by atomic mass is 35.5. The molecule has 0 saturated heterocycles. The average molecular weight is 304 g/mol. The number of benzene rings is 1. The Kier molecular flexibility index (Phi) is 6.30. The van der Waals surface area contributed by atoms with Crippen LogP contribution in [0.3, 0.4) is 0 Å². The molecule has 1 aromatic rings. The Morgan fingerprint density at radius 1 is 1.21 bits per heavy atom. The van der Waals surface area contributed by atoms with E-state index in [1.165, 1.54) is 4.31 Å². The number of halogens is 1. The molecule has 0 aliphatic heterocycles. The molecule has 0 aromatic heterocycles. The van der Waals surface area contributed by atoms with Gasteiger partial charge in [-0.15, -0.1) is 11.6 Å². The number of hydrogen-bond donors (Lipinski definition) is 0. The molecular weight excluding hydrogens is 282 g/mol. The Morgan fingerprint density at radius 2 is 1.74 bits per heavy atom. The molecule has 1 unspecified atom stereocenters. The molecule has 1 atom stereocenters. The lowest BCUT2D eigenvalue weighted by Gasteiger charge is -2.24. The smallest absolute Gasteiger partial charge is 0.212 e. The Morgan fingerprint density at radius 3 is 2.21 bits per heavy atom. The summed E-state index contributed by atoms with van der Waals surface area (Å²) < 4.78 is 26.0. The van der Waals surface area contributed by atoms with Crippen molar-refractivity contribution >= 4 is 21.6 Å². The van der Waals surface area contributed by atoms with Gasteiger partial charge in [0.05, 0.1) is 5.75 Å². The molecule has 19 heavy (non-hydrogen) atoms. The van der Waals surface area contributed by atoms with E-state index in [1.54, 1.807) is 7.05 Å². The average Bonchev–Trinajstić information content (AvgIpc) is 2.38. The Balaban J connectivity index is 2.77. The molecule has 108 valence electrons. The van der Waals surface area contributed by atoms with Crippen molar-refractivity contribution < 1.29 is 8.42 Å². The first-order valence-corrected chi connectivity index (χ1v) is 8.64. The van der Waals surface area contributed by atoms with Crippen LogP contribution in [0.5, 0.6) is 0 Å². The first kappa shape index (κ1) is 16.5. The lowest BCUT2D eigenvalue weighted by Crippen LogP contribution is -2.35. The molecule has 1 rings (SSSR count). The molecule has 0 N–H and O–H groups in total. The molecule has 0 aliphatic rings.